The molecule has 8 heteroatoms. The van der Waals surface area contributed by atoms with Crippen molar-refractivity contribution in [3.63, 3.8) is 0 Å². The van der Waals surface area contributed by atoms with Gasteiger partial charge in [-0.25, -0.2) is 0 Å². The molecule has 3 N–H and O–H groups in total. The molecule has 582 valence electrons. The Labute approximate surface area is 611 Å². The number of aliphatic hydroxyl groups is 3. The number of carbonyl (C=O) groups excluding carboxylic acids is 2. The lowest BCUT2D eigenvalue weighted by atomic mass is 9.91. The predicted octanol–water partition coefficient (Wildman–Crippen LogP) is 28.0. The van der Waals surface area contributed by atoms with Gasteiger partial charge in [-0.2, -0.15) is 0 Å². The minimum Gasteiger partial charge on any atom is -0.463 e. The van der Waals surface area contributed by atoms with Gasteiger partial charge in [0.05, 0.1) is 12.0 Å². The van der Waals surface area contributed by atoms with Gasteiger partial charge in [-0.05, 0) is 43.9 Å². The number of ketones is 1. The van der Waals surface area contributed by atoms with Crippen molar-refractivity contribution in [2.75, 3.05) is 13.7 Å². The number of Topliss-reactive ketones (excluding diaryl/α,β-unsaturated/α-hetero) is 1. The van der Waals surface area contributed by atoms with E-state index in [0.29, 0.717) is 18.6 Å². The first-order valence-corrected chi connectivity index (χ1v) is 45.1. The molecule has 8 nitrogen and oxygen atoms in total. The Morgan fingerprint density at radius 3 is 0.918 bits per heavy atom. The van der Waals surface area contributed by atoms with Crippen molar-refractivity contribution in [2.24, 2.45) is 23.7 Å². The molecule has 0 aromatic carbocycles. The molecule has 1 heterocycles. The monoisotopic (exact) mass is 1380 g/mol. The van der Waals surface area contributed by atoms with Crippen LogP contribution in [0.1, 0.15) is 496 Å². The van der Waals surface area contributed by atoms with Gasteiger partial charge in [0, 0.05) is 19.4 Å². The van der Waals surface area contributed by atoms with Crippen LogP contribution < -0.4 is 0 Å². The molecule has 0 radical (unpaired) electrons. The maximum atomic E-state index is 13.5. The van der Waals surface area contributed by atoms with Gasteiger partial charge in [-0.3, -0.25) is 9.59 Å². The summed E-state index contributed by atoms with van der Waals surface area (Å²) in [5, 5.41) is 32.0. The summed E-state index contributed by atoms with van der Waals surface area (Å²) in [5.74, 6) is 1.90. The zero-order valence-corrected chi connectivity index (χ0v) is 66.6. The van der Waals surface area contributed by atoms with E-state index in [-0.39, 0.29) is 12.5 Å². The second-order valence-electron chi connectivity index (χ2n) is 32.9. The molecule has 1 saturated carbocycles. The van der Waals surface area contributed by atoms with Crippen LogP contribution in [0.5, 0.6) is 0 Å². The molecule has 2 rings (SSSR count). The van der Waals surface area contributed by atoms with Crippen molar-refractivity contribution in [1.82, 2.24) is 0 Å². The normalized spacial score (nSPS) is 18.6. The number of unbranched alkanes of at least 4 members (excludes halogenated alkanes) is 63. The number of rotatable bonds is 81. The summed E-state index contributed by atoms with van der Waals surface area (Å²) in [6.07, 6.45) is 93.9. The van der Waals surface area contributed by atoms with Crippen LogP contribution in [0.2, 0.25) is 0 Å². The largest absolute Gasteiger partial charge is 0.463 e. The van der Waals surface area contributed by atoms with Gasteiger partial charge in [0.2, 0.25) is 0 Å². The molecule has 1 saturated heterocycles. The smallest absolute Gasteiger partial charge is 0.311 e. The summed E-state index contributed by atoms with van der Waals surface area (Å²) < 4.78 is 16.4. The molecule has 2 aliphatic rings. The third-order valence-corrected chi connectivity index (χ3v) is 23.5. The van der Waals surface area contributed by atoms with E-state index in [9.17, 15) is 24.9 Å². The second-order valence-corrected chi connectivity index (χ2v) is 32.9. The highest BCUT2D eigenvalue weighted by Crippen LogP contribution is 2.46. The van der Waals surface area contributed by atoms with Crippen molar-refractivity contribution in [3.05, 3.63) is 0 Å². The summed E-state index contributed by atoms with van der Waals surface area (Å²) in [5.41, 5.74) is 0. The van der Waals surface area contributed by atoms with E-state index in [1.165, 1.54) is 418 Å². The van der Waals surface area contributed by atoms with Crippen molar-refractivity contribution in [1.29, 1.82) is 0 Å². The van der Waals surface area contributed by atoms with Crippen molar-refractivity contribution >= 4 is 11.8 Å². The fourth-order valence-electron chi connectivity index (χ4n) is 16.3. The minimum atomic E-state index is -1.20. The lowest BCUT2D eigenvalue weighted by Crippen LogP contribution is -2.37. The van der Waals surface area contributed by atoms with E-state index in [1.807, 2.05) is 0 Å². The highest BCUT2D eigenvalue weighted by atomic mass is 16.7. The van der Waals surface area contributed by atoms with Gasteiger partial charge in [0.1, 0.15) is 30.7 Å². The summed E-state index contributed by atoms with van der Waals surface area (Å²) in [4.78, 5) is 26.2. The fraction of sp³-hybridized carbons (Fsp3) is 0.978. The Kier molecular flexibility index (Phi) is 67.9. The van der Waals surface area contributed by atoms with Crippen LogP contribution in [0.4, 0.5) is 0 Å². The van der Waals surface area contributed by atoms with Gasteiger partial charge in [-0.15, -0.1) is 0 Å². The highest BCUT2D eigenvalue weighted by molar-refractivity contribution is 5.80. The third-order valence-electron chi connectivity index (χ3n) is 23.5. The summed E-state index contributed by atoms with van der Waals surface area (Å²) >= 11 is 0. The van der Waals surface area contributed by atoms with Crippen molar-refractivity contribution in [2.45, 2.75) is 527 Å². The molecule has 0 spiro atoms. The van der Waals surface area contributed by atoms with Crippen LogP contribution >= 0.6 is 0 Å². The molecule has 0 bridgehead atoms. The lowest BCUT2D eigenvalue weighted by molar-refractivity contribution is -0.170. The van der Waals surface area contributed by atoms with Crippen LogP contribution in [0.3, 0.4) is 0 Å². The highest BCUT2D eigenvalue weighted by Gasteiger charge is 2.44. The van der Waals surface area contributed by atoms with Crippen molar-refractivity contribution < 1.29 is 39.1 Å². The Morgan fingerprint density at radius 2 is 0.622 bits per heavy atom. The van der Waals surface area contributed by atoms with Crippen LogP contribution in [0.15, 0.2) is 0 Å². The first-order chi connectivity index (χ1) is 48.2. The summed E-state index contributed by atoms with van der Waals surface area (Å²) in [6.45, 7) is 6.61. The number of hydrogen-bond acceptors (Lipinski definition) is 8. The Bertz CT molecular complexity index is 1640. The number of aliphatic hydroxyl groups excluding tert-OH is 3. The second kappa shape index (κ2) is 71.5. The summed E-state index contributed by atoms with van der Waals surface area (Å²) in [6, 6.07) is 0. The lowest BCUT2D eigenvalue weighted by Gasteiger charge is -2.23. The first-order valence-electron chi connectivity index (χ1n) is 45.1. The molecule has 0 amide bonds. The SMILES string of the molecule is CCCCCCCCCCCCCCCCCCCCCCCC[C@@H](C(=O)OC[C@H]1O[C@H](OC)[C@@H](O)[C@@H]1O)[C@H](O)CCCCCCCCCCCCCCC[C@@H]1C[C@@H]1CCCCCCCCCCCCCCCCCCC(=O)C(C)CCCCCCCCCCCCCCCCCC. The van der Waals surface area contributed by atoms with E-state index in [4.69, 9.17) is 14.2 Å². The standard InChI is InChI=1S/C90H174O8/c1-5-7-9-11-13-15-17-19-21-23-24-25-26-27-28-33-39-45-51-57-63-69-75-83(89(95)97-79-86-87(93)88(94)90(96-4)98-86)85(92)77-71-65-59-53-47-41-35-38-44-50-56-62-68-74-82-78-81(82)73-67-61-55-49-43-37-32-29-30-34-40-46-52-58-64-70-76-84(91)80(3)72-66-60-54-48-42-36-31-22-20-18-16-14-12-10-8-6-2/h80-83,85-88,90,92-94H,5-79H2,1-4H3/t80?,81-,82+,83+,85+,86+,87+,88-,90-/m0/s1. The molecule has 0 aromatic rings. The molecule has 2 fully saturated rings. The molecule has 9 atom stereocenters. The van der Waals surface area contributed by atoms with E-state index < -0.39 is 42.6 Å². The van der Waals surface area contributed by atoms with E-state index in [2.05, 4.69) is 20.8 Å². The van der Waals surface area contributed by atoms with E-state index in [1.54, 1.807) is 0 Å². The quantitative estimate of drug-likeness (QED) is 0.0407. The Hall–Kier alpha value is -1.06. The first kappa shape index (κ1) is 93.0. The Morgan fingerprint density at radius 1 is 0.357 bits per heavy atom. The number of hydrogen-bond donors (Lipinski definition) is 3. The topological polar surface area (TPSA) is 123 Å². The van der Waals surface area contributed by atoms with Gasteiger partial charge >= 0.3 is 5.97 Å². The van der Waals surface area contributed by atoms with Crippen LogP contribution in [-0.2, 0) is 23.8 Å². The maximum Gasteiger partial charge on any atom is 0.311 e. The van der Waals surface area contributed by atoms with Crippen LogP contribution in [0.25, 0.3) is 0 Å². The predicted molar refractivity (Wildman–Crippen MR) is 422 cm³/mol. The zero-order valence-electron chi connectivity index (χ0n) is 66.6. The van der Waals surface area contributed by atoms with Crippen LogP contribution in [0, 0.1) is 23.7 Å². The molecule has 1 aliphatic heterocycles. The Balaban J connectivity index is 1.32. The minimum absolute atomic E-state index is 0.170. The number of ether oxygens (including phenoxy) is 3. The van der Waals surface area contributed by atoms with Gasteiger partial charge in [0.15, 0.2) is 6.29 Å². The molecular formula is C90H174O8. The van der Waals surface area contributed by atoms with Crippen molar-refractivity contribution in [3.8, 4) is 0 Å². The van der Waals surface area contributed by atoms with E-state index >= 15 is 0 Å². The third kappa shape index (κ3) is 57.3. The van der Waals surface area contributed by atoms with E-state index in [0.717, 1.165) is 63.2 Å². The molecule has 0 aromatic heterocycles. The molecule has 1 aliphatic carbocycles. The number of esters is 1. The number of methoxy groups -OCH3 is 1. The van der Waals surface area contributed by atoms with Gasteiger partial charge in [0.25, 0.3) is 0 Å². The molecule has 1 unspecified atom stereocenters. The average Bonchev–Trinajstić information content (AvgIpc) is 1.71. The maximum absolute atomic E-state index is 13.5. The number of carbonyl (C=O) groups is 2. The van der Waals surface area contributed by atoms with Crippen LogP contribution in [-0.4, -0.2) is 71.5 Å². The zero-order chi connectivity index (χ0) is 70.5. The molecular weight excluding hydrogens is 1210 g/mol. The summed E-state index contributed by atoms with van der Waals surface area (Å²) in [7, 11) is 1.41. The fourth-order valence-corrected chi connectivity index (χ4v) is 16.3. The van der Waals surface area contributed by atoms with Gasteiger partial charge in [-0.1, -0.05) is 457 Å². The average molecular weight is 1380 g/mol. The molecule has 98 heavy (non-hydrogen) atoms. The van der Waals surface area contributed by atoms with Gasteiger partial charge < -0.3 is 29.5 Å².